The molecule has 26 heavy (non-hydrogen) atoms. The molecule has 2 N–H and O–H groups in total. The second-order valence-corrected chi connectivity index (χ2v) is 5.95. The molecule has 0 spiro atoms. The molecule has 126 valence electrons. The maximum atomic E-state index is 9.07. The summed E-state index contributed by atoms with van der Waals surface area (Å²) in [6.45, 7) is 2.40. The highest BCUT2D eigenvalue weighted by molar-refractivity contribution is 5.87. The molecule has 7 heteroatoms. The Bertz CT molecular complexity index is 1150. The summed E-state index contributed by atoms with van der Waals surface area (Å²) in [4.78, 5) is 10.5. The standard InChI is InChI=1S/C19H15N7/c1-12-4-2-7-15(22-12)11-26-24-17-9-16(23-19(21)18(17)25-26)14-6-3-5-13(8-14)10-20/h2-9H,11H2,1H3,(H2,21,23). The molecule has 4 aromatic rings. The van der Waals surface area contributed by atoms with Crippen LogP contribution in [0.1, 0.15) is 17.0 Å². The Morgan fingerprint density at radius 1 is 1.08 bits per heavy atom. The predicted molar refractivity (Wildman–Crippen MR) is 98.0 cm³/mol. The SMILES string of the molecule is Cc1cccc(Cn2nc3cc(-c4cccc(C#N)c4)nc(N)c3n2)n1. The highest BCUT2D eigenvalue weighted by Gasteiger charge is 2.12. The lowest BCUT2D eigenvalue weighted by atomic mass is 10.1. The minimum absolute atomic E-state index is 0.309. The van der Waals surface area contributed by atoms with Crippen LogP contribution in [0.4, 0.5) is 5.82 Å². The maximum absolute atomic E-state index is 9.07. The van der Waals surface area contributed by atoms with Crippen LogP contribution in [0.2, 0.25) is 0 Å². The fourth-order valence-corrected chi connectivity index (χ4v) is 2.78. The van der Waals surface area contributed by atoms with Crippen molar-refractivity contribution >= 4 is 16.9 Å². The number of hydrogen-bond donors (Lipinski definition) is 1. The molecule has 7 nitrogen and oxygen atoms in total. The molecule has 4 rings (SSSR count). The van der Waals surface area contributed by atoms with Crippen molar-refractivity contribution in [2.24, 2.45) is 0 Å². The van der Waals surface area contributed by atoms with Crippen molar-refractivity contribution in [2.75, 3.05) is 5.73 Å². The van der Waals surface area contributed by atoms with Crippen molar-refractivity contribution in [3.8, 4) is 17.3 Å². The summed E-state index contributed by atoms with van der Waals surface area (Å²) in [5.41, 5.74) is 11.2. The van der Waals surface area contributed by atoms with Crippen molar-refractivity contribution in [1.29, 1.82) is 5.26 Å². The van der Waals surface area contributed by atoms with Gasteiger partial charge in [-0.15, -0.1) is 5.10 Å². The van der Waals surface area contributed by atoms with Crippen LogP contribution < -0.4 is 5.73 Å². The van der Waals surface area contributed by atoms with Crippen molar-refractivity contribution in [3.05, 3.63) is 65.5 Å². The zero-order valence-corrected chi connectivity index (χ0v) is 14.1. The first-order valence-electron chi connectivity index (χ1n) is 8.07. The first-order valence-corrected chi connectivity index (χ1v) is 8.07. The van der Waals surface area contributed by atoms with Crippen LogP contribution in [0, 0.1) is 18.3 Å². The Balaban J connectivity index is 1.74. The van der Waals surface area contributed by atoms with Crippen molar-refractivity contribution in [2.45, 2.75) is 13.5 Å². The second-order valence-electron chi connectivity index (χ2n) is 5.95. The Kier molecular flexibility index (Phi) is 3.78. The summed E-state index contributed by atoms with van der Waals surface area (Å²) in [5, 5.41) is 18.0. The summed E-state index contributed by atoms with van der Waals surface area (Å²) in [6.07, 6.45) is 0. The molecular weight excluding hydrogens is 326 g/mol. The van der Waals surface area contributed by atoms with E-state index in [2.05, 4.69) is 26.2 Å². The minimum Gasteiger partial charge on any atom is -0.382 e. The average molecular weight is 341 g/mol. The quantitative estimate of drug-likeness (QED) is 0.614. The zero-order chi connectivity index (χ0) is 18.1. The minimum atomic E-state index is 0.309. The van der Waals surface area contributed by atoms with Crippen molar-refractivity contribution < 1.29 is 0 Å². The number of aromatic nitrogens is 5. The molecule has 0 fully saturated rings. The fourth-order valence-electron chi connectivity index (χ4n) is 2.78. The number of hydrogen-bond acceptors (Lipinski definition) is 6. The van der Waals surface area contributed by atoms with E-state index in [-0.39, 0.29) is 0 Å². The molecule has 0 unspecified atom stereocenters. The highest BCUT2D eigenvalue weighted by atomic mass is 15.5. The number of nitrogens with zero attached hydrogens (tertiary/aromatic N) is 6. The number of rotatable bonds is 3. The lowest BCUT2D eigenvalue weighted by Crippen LogP contribution is -2.05. The number of fused-ring (bicyclic) bond motifs is 1. The number of nitrogen functional groups attached to an aromatic ring is 1. The predicted octanol–water partition coefficient (Wildman–Crippen LogP) is 2.70. The molecule has 0 aliphatic heterocycles. The van der Waals surface area contributed by atoms with E-state index in [0.717, 1.165) is 17.0 Å². The average Bonchev–Trinajstić information content (AvgIpc) is 3.05. The van der Waals surface area contributed by atoms with Gasteiger partial charge in [0, 0.05) is 11.3 Å². The number of benzene rings is 1. The van der Waals surface area contributed by atoms with Gasteiger partial charge in [0.05, 0.1) is 23.0 Å². The highest BCUT2D eigenvalue weighted by Crippen LogP contribution is 2.24. The summed E-state index contributed by atoms with van der Waals surface area (Å²) < 4.78 is 0. The number of pyridine rings is 2. The van der Waals surface area contributed by atoms with E-state index in [1.165, 1.54) is 0 Å². The molecule has 3 aromatic heterocycles. The summed E-state index contributed by atoms with van der Waals surface area (Å²) in [7, 11) is 0. The van der Waals surface area contributed by atoms with Gasteiger partial charge in [-0.3, -0.25) is 4.98 Å². The molecule has 0 atom stereocenters. The van der Waals surface area contributed by atoms with E-state index >= 15 is 0 Å². The first kappa shape index (κ1) is 15.7. The van der Waals surface area contributed by atoms with Gasteiger partial charge in [-0.05, 0) is 37.3 Å². The van der Waals surface area contributed by atoms with Crippen molar-refractivity contribution in [1.82, 2.24) is 25.0 Å². The molecule has 1 aromatic carbocycles. The van der Waals surface area contributed by atoms with Gasteiger partial charge in [0.1, 0.15) is 12.1 Å². The molecule has 0 saturated carbocycles. The van der Waals surface area contributed by atoms with E-state index in [9.17, 15) is 0 Å². The largest absolute Gasteiger partial charge is 0.382 e. The third kappa shape index (κ3) is 2.96. The molecular formula is C19H15N7. The number of aryl methyl sites for hydroxylation is 1. The van der Waals surface area contributed by atoms with Gasteiger partial charge in [0.25, 0.3) is 0 Å². The molecule has 0 amide bonds. The lowest BCUT2D eigenvalue weighted by Gasteiger charge is -2.02. The summed E-state index contributed by atoms with van der Waals surface area (Å²) in [6, 6.07) is 17.0. The van der Waals surface area contributed by atoms with E-state index in [0.29, 0.717) is 34.7 Å². The van der Waals surface area contributed by atoms with Gasteiger partial charge in [0.15, 0.2) is 11.3 Å². The van der Waals surface area contributed by atoms with E-state index in [1.54, 1.807) is 16.9 Å². The van der Waals surface area contributed by atoms with Gasteiger partial charge in [-0.1, -0.05) is 18.2 Å². The lowest BCUT2D eigenvalue weighted by molar-refractivity contribution is 0.590. The monoisotopic (exact) mass is 341 g/mol. The fraction of sp³-hybridized carbons (Fsp3) is 0.105. The van der Waals surface area contributed by atoms with Gasteiger partial charge in [0.2, 0.25) is 0 Å². The van der Waals surface area contributed by atoms with Crippen LogP contribution in [0.25, 0.3) is 22.3 Å². The zero-order valence-electron chi connectivity index (χ0n) is 14.1. The molecule has 0 aliphatic rings. The van der Waals surface area contributed by atoms with Crippen LogP contribution in [0.5, 0.6) is 0 Å². The third-order valence-electron chi connectivity index (χ3n) is 3.98. The van der Waals surface area contributed by atoms with Crippen LogP contribution in [0.15, 0.2) is 48.5 Å². The van der Waals surface area contributed by atoms with E-state index < -0.39 is 0 Å². The Morgan fingerprint density at radius 3 is 2.73 bits per heavy atom. The molecule has 3 heterocycles. The van der Waals surface area contributed by atoms with Crippen LogP contribution in [-0.4, -0.2) is 25.0 Å². The van der Waals surface area contributed by atoms with Gasteiger partial charge in [-0.2, -0.15) is 15.2 Å². The first-order chi connectivity index (χ1) is 12.6. The van der Waals surface area contributed by atoms with Gasteiger partial charge < -0.3 is 5.73 Å². The van der Waals surface area contributed by atoms with Crippen molar-refractivity contribution in [3.63, 3.8) is 0 Å². The summed E-state index contributed by atoms with van der Waals surface area (Å²) >= 11 is 0. The maximum Gasteiger partial charge on any atom is 0.155 e. The van der Waals surface area contributed by atoms with Gasteiger partial charge >= 0.3 is 0 Å². The van der Waals surface area contributed by atoms with Gasteiger partial charge in [-0.25, -0.2) is 4.98 Å². The molecule has 0 aliphatic carbocycles. The summed E-state index contributed by atoms with van der Waals surface area (Å²) in [5.74, 6) is 0.309. The topological polar surface area (TPSA) is 106 Å². The van der Waals surface area contributed by atoms with Crippen LogP contribution >= 0.6 is 0 Å². The Hall–Kier alpha value is -3.79. The number of nitrogens with two attached hydrogens (primary N) is 1. The van der Waals surface area contributed by atoms with E-state index in [1.807, 2.05) is 43.3 Å². The number of nitriles is 1. The van der Waals surface area contributed by atoms with E-state index in [4.69, 9.17) is 11.0 Å². The Labute approximate surface area is 149 Å². The smallest absolute Gasteiger partial charge is 0.155 e. The molecule has 0 bridgehead atoms. The van der Waals surface area contributed by atoms with Crippen LogP contribution in [0.3, 0.4) is 0 Å². The number of anilines is 1. The molecule has 0 saturated heterocycles. The molecule has 0 radical (unpaired) electrons. The normalized spacial score (nSPS) is 10.8. The third-order valence-corrected chi connectivity index (χ3v) is 3.98. The Morgan fingerprint density at radius 2 is 1.92 bits per heavy atom. The second kappa shape index (κ2) is 6.26. The van der Waals surface area contributed by atoms with Crippen LogP contribution in [-0.2, 0) is 6.54 Å².